The summed E-state index contributed by atoms with van der Waals surface area (Å²) in [5.41, 5.74) is 4.31. The number of benzene rings is 1. The van der Waals surface area contributed by atoms with Crippen molar-refractivity contribution in [3.05, 3.63) is 99.1 Å². The second-order valence-corrected chi connectivity index (χ2v) is 12.3. The smallest absolute Gasteiger partial charge is 0.420 e. The van der Waals surface area contributed by atoms with Gasteiger partial charge in [-0.3, -0.25) is 9.97 Å². The summed E-state index contributed by atoms with van der Waals surface area (Å²) in [6, 6.07) is 7.47. The average molecular weight is 579 g/mol. The Hall–Kier alpha value is -4.73. The van der Waals surface area contributed by atoms with E-state index in [0.29, 0.717) is 45.0 Å². The second-order valence-electron chi connectivity index (χ2n) is 12.3. The first-order valence-corrected chi connectivity index (χ1v) is 14.4. The lowest BCUT2D eigenvalue weighted by Crippen LogP contribution is -2.30. The fourth-order valence-corrected chi connectivity index (χ4v) is 5.97. The van der Waals surface area contributed by atoms with Crippen LogP contribution in [-0.4, -0.2) is 36.4 Å². The van der Waals surface area contributed by atoms with Crippen LogP contribution < -0.4 is 0 Å². The number of imidazole rings is 1. The number of nitrogens with zero attached hydrogens (tertiary/aromatic N) is 6. The first kappa shape index (κ1) is 28.4. The standard InChI is InChI=1S/C33H34N6O4/c1-18-16-34-12-10-24(18)33(38-41,25-11-13-35-17-19(25)2)26-14-23(28-20(3)37-43-21(28)4)15-27-29(26)36-30(22-8-9-22)39(27)31(40)42-32(5,6)7/h10-17,22H,8-9H2,1-7H3. The molecule has 10 nitrogen and oxygen atoms in total. The van der Waals surface area contributed by atoms with Crippen LogP contribution in [-0.2, 0) is 10.3 Å². The quantitative estimate of drug-likeness (QED) is 0.190. The van der Waals surface area contributed by atoms with Gasteiger partial charge in [-0.05, 0) is 119 Å². The number of aryl methyl sites for hydroxylation is 4. The number of rotatable bonds is 6. The fourth-order valence-electron chi connectivity index (χ4n) is 5.97. The van der Waals surface area contributed by atoms with Gasteiger partial charge in [0, 0.05) is 41.8 Å². The van der Waals surface area contributed by atoms with Gasteiger partial charge in [0.05, 0.1) is 16.7 Å². The zero-order chi connectivity index (χ0) is 30.7. The number of carbonyl (C=O) groups excluding carboxylic acids is 1. The predicted octanol–water partition coefficient (Wildman–Crippen LogP) is 7.43. The number of aromatic nitrogens is 5. The van der Waals surface area contributed by atoms with Crippen molar-refractivity contribution in [3.63, 3.8) is 0 Å². The number of pyridine rings is 2. The van der Waals surface area contributed by atoms with E-state index in [1.807, 2.05) is 72.7 Å². The number of hydrogen-bond acceptors (Lipinski definition) is 9. The van der Waals surface area contributed by atoms with Gasteiger partial charge in [0.1, 0.15) is 17.2 Å². The van der Waals surface area contributed by atoms with Crippen LogP contribution in [0.1, 0.15) is 84.6 Å². The summed E-state index contributed by atoms with van der Waals surface area (Å²) >= 11 is 0. The monoisotopic (exact) mass is 578 g/mol. The zero-order valence-electron chi connectivity index (χ0n) is 25.4. The van der Waals surface area contributed by atoms with Crippen LogP contribution in [0, 0.1) is 32.6 Å². The topological polar surface area (TPSA) is 125 Å². The van der Waals surface area contributed by atoms with Crippen molar-refractivity contribution in [3.8, 4) is 11.1 Å². The molecule has 1 aromatic carbocycles. The van der Waals surface area contributed by atoms with Crippen molar-refractivity contribution in [2.75, 3.05) is 0 Å². The summed E-state index contributed by atoms with van der Waals surface area (Å²) in [6.45, 7) is 13.0. The molecule has 5 aromatic rings. The van der Waals surface area contributed by atoms with Crippen molar-refractivity contribution in [2.24, 2.45) is 5.18 Å². The third kappa shape index (κ3) is 4.70. The van der Waals surface area contributed by atoms with Crippen LogP contribution in [0.3, 0.4) is 0 Å². The molecule has 4 aromatic heterocycles. The first-order valence-electron chi connectivity index (χ1n) is 14.4. The van der Waals surface area contributed by atoms with Crippen molar-refractivity contribution in [2.45, 2.75) is 78.4 Å². The maximum Gasteiger partial charge on any atom is 0.420 e. The Morgan fingerprint density at radius 1 is 0.977 bits per heavy atom. The largest absolute Gasteiger partial charge is 0.443 e. The van der Waals surface area contributed by atoms with E-state index in [4.69, 9.17) is 14.2 Å². The summed E-state index contributed by atoms with van der Waals surface area (Å²) in [4.78, 5) is 41.2. The third-order valence-electron chi connectivity index (χ3n) is 7.97. The molecule has 6 rings (SSSR count). The molecule has 0 N–H and O–H groups in total. The molecule has 1 aliphatic carbocycles. The lowest BCUT2D eigenvalue weighted by molar-refractivity contribution is 0.0539. The molecular weight excluding hydrogens is 544 g/mol. The fraction of sp³-hybridized carbons (Fsp3) is 0.364. The predicted molar refractivity (Wildman–Crippen MR) is 162 cm³/mol. The van der Waals surface area contributed by atoms with E-state index < -0.39 is 17.2 Å². The lowest BCUT2D eigenvalue weighted by Gasteiger charge is -2.31. The SMILES string of the molecule is Cc1cnccc1C(N=O)(c1ccncc1C)c1cc(-c2c(C)noc2C)cc2c1nc(C1CC1)n2C(=O)OC(C)(C)C. The van der Waals surface area contributed by atoms with Crippen LogP contribution >= 0.6 is 0 Å². The molecule has 0 saturated heterocycles. The molecule has 0 radical (unpaired) electrons. The molecule has 0 atom stereocenters. The van der Waals surface area contributed by atoms with Gasteiger partial charge in [-0.25, -0.2) is 14.3 Å². The van der Waals surface area contributed by atoms with E-state index in [0.717, 1.165) is 35.1 Å². The van der Waals surface area contributed by atoms with Gasteiger partial charge >= 0.3 is 6.09 Å². The Labute approximate surface area is 249 Å². The molecule has 220 valence electrons. The third-order valence-corrected chi connectivity index (χ3v) is 7.97. The maximum atomic E-state index is 13.9. The van der Waals surface area contributed by atoms with Gasteiger partial charge in [-0.15, -0.1) is 4.91 Å². The van der Waals surface area contributed by atoms with Crippen LogP contribution in [0.2, 0.25) is 0 Å². The van der Waals surface area contributed by atoms with E-state index in [9.17, 15) is 9.70 Å². The Bertz CT molecular complexity index is 1830. The first-order chi connectivity index (χ1) is 20.5. The van der Waals surface area contributed by atoms with E-state index in [2.05, 4.69) is 20.3 Å². The highest BCUT2D eigenvalue weighted by Crippen LogP contribution is 2.49. The van der Waals surface area contributed by atoms with Crippen LogP contribution in [0.15, 0.2) is 58.8 Å². The summed E-state index contributed by atoms with van der Waals surface area (Å²) in [7, 11) is 0. The Morgan fingerprint density at radius 3 is 2.09 bits per heavy atom. The summed E-state index contributed by atoms with van der Waals surface area (Å²) in [6.07, 6.45) is 8.03. The summed E-state index contributed by atoms with van der Waals surface area (Å²) in [5.74, 6) is 1.32. The minimum atomic E-state index is -1.55. The van der Waals surface area contributed by atoms with Gasteiger partial charge < -0.3 is 9.26 Å². The highest BCUT2D eigenvalue weighted by molar-refractivity contribution is 5.94. The number of hydrogen-bond donors (Lipinski definition) is 0. The van der Waals surface area contributed by atoms with Crippen molar-refractivity contribution in [1.82, 2.24) is 24.7 Å². The van der Waals surface area contributed by atoms with E-state index in [1.54, 1.807) is 29.4 Å². The van der Waals surface area contributed by atoms with Gasteiger partial charge in [0.2, 0.25) is 0 Å². The Balaban J connectivity index is 1.81. The minimum absolute atomic E-state index is 0.0965. The second kappa shape index (κ2) is 10.2. The summed E-state index contributed by atoms with van der Waals surface area (Å²) in [5, 5.41) is 8.15. The van der Waals surface area contributed by atoms with Crippen LogP contribution in [0.4, 0.5) is 4.79 Å². The Morgan fingerprint density at radius 2 is 1.60 bits per heavy atom. The van der Waals surface area contributed by atoms with Crippen LogP contribution in [0.5, 0.6) is 0 Å². The Kier molecular flexibility index (Phi) is 6.75. The lowest BCUT2D eigenvalue weighted by atomic mass is 9.74. The normalized spacial score (nSPS) is 13.8. The molecule has 10 heteroatoms. The van der Waals surface area contributed by atoms with Gasteiger partial charge in [0.25, 0.3) is 0 Å². The van der Waals surface area contributed by atoms with Crippen LogP contribution in [0.25, 0.3) is 22.2 Å². The number of nitroso groups, excluding NO2 is 1. The molecule has 1 saturated carbocycles. The van der Waals surface area contributed by atoms with E-state index >= 15 is 0 Å². The molecular formula is C33H34N6O4. The maximum absolute atomic E-state index is 13.9. The summed E-state index contributed by atoms with van der Waals surface area (Å²) < 4.78 is 13.0. The molecule has 4 heterocycles. The molecule has 1 aliphatic rings. The minimum Gasteiger partial charge on any atom is -0.443 e. The average Bonchev–Trinajstić information content (AvgIpc) is 3.64. The molecule has 0 unspecified atom stereocenters. The van der Waals surface area contributed by atoms with Crippen molar-refractivity contribution in [1.29, 1.82) is 0 Å². The van der Waals surface area contributed by atoms with E-state index in [-0.39, 0.29) is 5.92 Å². The number of fused-ring (bicyclic) bond motifs is 1. The molecule has 1 fully saturated rings. The number of carbonyl (C=O) groups is 1. The molecule has 43 heavy (non-hydrogen) atoms. The number of ether oxygens (including phenoxy) is 1. The van der Waals surface area contributed by atoms with E-state index in [1.165, 1.54) is 0 Å². The van der Waals surface area contributed by atoms with Gasteiger partial charge in [-0.1, -0.05) is 5.16 Å². The van der Waals surface area contributed by atoms with Gasteiger partial charge in [-0.2, -0.15) is 0 Å². The van der Waals surface area contributed by atoms with Gasteiger partial charge in [0.15, 0.2) is 5.54 Å². The molecule has 0 aliphatic heterocycles. The highest BCUT2D eigenvalue weighted by atomic mass is 16.6. The molecule has 0 bridgehead atoms. The van der Waals surface area contributed by atoms with Crippen molar-refractivity contribution < 1.29 is 14.1 Å². The molecule has 0 spiro atoms. The van der Waals surface area contributed by atoms with Crippen molar-refractivity contribution >= 4 is 17.1 Å². The highest BCUT2D eigenvalue weighted by Gasteiger charge is 2.45. The zero-order valence-corrected chi connectivity index (χ0v) is 25.4. The molecule has 0 amide bonds.